The molecule has 0 bridgehead atoms. The topological polar surface area (TPSA) is 102 Å². The average Bonchev–Trinajstić information content (AvgIpc) is 3.10. The molecule has 4 heterocycles. The van der Waals surface area contributed by atoms with Crippen LogP contribution in [-0.4, -0.2) is 39.6 Å². The van der Waals surface area contributed by atoms with E-state index in [1.807, 2.05) is 11.5 Å². The molecule has 0 amide bonds. The molecule has 1 aliphatic carbocycles. The van der Waals surface area contributed by atoms with Crippen LogP contribution in [0.3, 0.4) is 0 Å². The van der Waals surface area contributed by atoms with E-state index in [1.54, 1.807) is 23.3 Å². The molecule has 2 aliphatic heterocycles. The van der Waals surface area contributed by atoms with Crippen LogP contribution in [0.4, 0.5) is 0 Å². The number of hydrogen-bond donors (Lipinski definition) is 2. The van der Waals surface area contributed by atoms with Crippen molar-refractivity contribution in [3.8, 4) is 0 Å². The van der Waals surface area contributed by atoms with Gasteiger partial charge in [-0.3, -0.25) is 0 Å². The third-order valence-electron chi connectivity index (χ3n) is 6.44. The minimum absolute atomic E-state index is 0.139. The Bertz CT molecular complexity index is 1140. The zero-order valence-corrected chi connectivity index (χ0v) is 17.8. The van der Waals surface area contributed by atoms with Crippen molar-refractivity contribution in [1.29, 1.82) is 0 Å². The fourth-order valence-electron chi connectivity index (χ4n) is 4.87. The predicted octanol–water partition coefficient (Wildman–Crippen LogP) is 3.42. The third kappa shape index (κ3) is 2.80. The molecular weight excluding hydrogens is 406 g/mol. The van der Waals surface area contributed by atoms with Gasteiger partial charge in [-0.15, -0.1) is 11.3 Å². The number of hydrogen-bond acceptors (Lipinski definition) is 7. The summed E-state index contributed by atoms with van der Waals surface area (Å²) in [4.78, 5) is 34.5. The van der Waals surface area contributed by atoms with Crippen LogP contribution in [0.5, 0.6) is 0 Å². The summed E-state index contributed by atoms with van der Waals surface area (Å²) in [6.07, 6.45) is 2.59. The number of aliphatic imine (C=N–C) groups is 1. The molecule has 0 aromatic carbocycles. The quantitative estimate of drug-likeness (QED) is 0.722. The van der Waals surface area contributed by atoms with Crippen molar-refractivity contribution < 1.29 is 24.3 Å². The number of rotatable bonds is 4. The molecule has 2 fully saturated rings. The maximum Gasteiger partial charge on any atom is 0.352 e. The largest absolute Gasteiger partial charge is 0.477 e. The molecule has 30 heavy (non-hydrogen) atoms. The molecule has 3 aliphatic rings. The van der Waals surface area contributed by atoms with Crippen LogP contribution in [0.2, 0.25) is 0 Å². The first-order chi connectivity index (χ1) is 14.2. The van der Waals surface area contributed by atoms with Crippen molar-refractivity contribution in [2.45, 2.75) is 57.1 Å². The molecule has 3 atom stereocenters. The Balaban J connectivity index is 1.64. The van der Waals surface area contributed by atoms with Crippen molar-refractivity contribution in [1.82, 2.24) is 10.0 Å². The maximum atomic E-state index is 12.1. The Kier molecular flexibility index (Phi) is 4.16. The molecule has 0 radical (unpaired) electrons. The smallest absolute Gasteiger partial charge is 0.352 e. The first-order valence-electron chi connectivity index (χ1n) is 10.1. The number of carbonyl (C=O) groups is 1. The first-order valence-corrected chi connectivity index (χ1v) is 10.9. The number of thiophene rings is 1. The standard InChI is InChI=1S/C21H23N3O5S/c1-11-8-21(11,19-22-16(10-25)29-23-19)24-14(18(26)27)6-13-7-15(30-17(13)24)12-4-5-28-20(2,3)9-12/h6-7,11-12H,4-5,8-9H2,1-3H3,(H,22,23)(H,26,27)/t11-,12-,21-/m0/s1. The van der Waals surface area contributed by atoms with Crippen LogP contribution in [0.1, 0.15) is 61.3 Å². The molecule has 2 aromatic heterocycles. The molecule has 2 aromatic rings. The zero-order chi connectivity index (χ0) is 21.3. The number of aromatic carboxylic acids is 1. The van der Waals surface area contributed by atoms with Gasteiger partial charge in [-0.2, -0.15) is 4.99 Å². The summed E-state index contributed by atoms with van der Waals surface area (Å²) in [5, 5.41) is 10.8. The zero-order valence-electron chi connectivity index (χ0n) is 17.0. The second-order valence-corrected chi connectivity index (χ2v) is 10.0. The number of nitrogens with zero attached hydrogens (tertiary/aromatic N) is 2. The molecule has 5 rings (SSSR count). The van der Waals surface area contributed by atoms with Gasteiger partial charge in [0.05, 0.1) is 5.60 Å². The fraction of sp³-hybridized carbons (Fsp3) is 0.524. The van der Waals surface area contributed by atoms with E-state index in [0.717, 1.165) is 29.7 Å². The van der Waals surface area contributed by atoms with Crippen molar-refractivity contribution in [3.63, 3.8) is 0 Å². The lowest BCUT2D eigenvalue weighted by Crippen LogP contribution is -2.38. The second kappa shape index (κ2) is 6.44. The molecule has 9 heteroatoms. The number of aromatic nitrogens is 1. The van der Waals surface area contributed by atoms with Crippen LogP contribution in [0.15, 0.2) is 23.0 Å². The maximum absolute atomic E-state index is 12.1. The van der Waals surface area contributed by atoms with E-state index in [9.17, 15) is 14.7 Å². The van der Waals surface area contributed by atoms with Crippen molar-refractivity contribution in [2.24, 2.45) is 10.9 Å². The van der Waals surface area contributed by atoms with Gasteiger partial charge in [-0.25, -0.2) is 15.1 Å². The van der Waals surface area contributed by atoms with Crippen LogP contribution in [0.25, 0.3) is 10.2 Å². The van der Waals surface area contributed by atoms with Crippen LogP contribution in [0, 0.1) is 5.92 Å². The number of amidine groups is 1. The number of hydroxylamine groups is 1. The van der Waals surface area contributed by atoms with Gasteiger partial charge in [0.25, 0.3) is 0 Å². The van der Waals surface area contributed by atoms with E-state index >= 15 is 0 Å². The van der Waals surface area contributed by atoms with Gasteiger partial charge >= 0.3 is 11.9 Å². The lowest BCUT2D eigenvalue weighted by atomic mass is 9.87. The summed E-state index contributed by atoms with van der Waals surface area (Å²) in [5.41, 5.74) is 2.09. The SMILES string of the molecule is C[C@H]1C[C@]1(C1=NC(=C=O)ON1)n1c(C(=O)O)cc2cc([C@H]3CCOC(C)(C)C3)sc21. The summed E-state index contributed by atoms with van der Waals surface area (Å²) in [7, 11) is 0. The number of carboxylic acids is 1. The van der Waals surface area contributed by atoms with Crippen LogP contribution >= 0.6 is 11.3 Å². The minimum atomic E-state index is -0.990. The Morgan fingerprint density at radius 1 is 1.40 bits per heavy atom. The first kappa shape index (κ1) is 19.4. The van der Waals surface area contributed by atoms with E-state index < -0.39 is 11.5 Å². The summed E-state index contributed by atoms with van der Waals surface area (Å²) in [5.74, 6) is 1.46. The Labute approximate surface area is 177 Å². The predicted molar refractivity (Wildman–Crippen MR) is 111 cm³/mol. The average molecular weight is 429 g/mol. The van der Waals surface area contributed by atoms with Gasteiger partial charge in [-0.1, -0.05) is 6.92 Å². The van der Waals surface area contributed by atoms with Gasteiger partial charge in [0.1, 0.15) is 16.1 Å². The van der Waals surface area contributed by atoms with Gasteiger partial charge in [0, 0.05) is 16.9 Å². The molecule has 8 nitrogen and oxygen atoms in total. The van der Waals surface area contributed by atoms with E-state index in [2.05, 4.69) is 30.4 Å². The minimum Gasteiger partial charge on any atom is -0.477 e. The Morgan fingerprint density at radius 2 is 2.17 bits per heavy atom. The fourth-order valence-corrected chi connectivity index (χ4v) is 6.24. The van der Waals surface area contributed by atoms with E-state index in [-0.39, 0.29) is 23.1 Å². The van der Waals surface area contributed by atoms with E-state index in [1.165, 1.54) is 4.88 Å². The van der Waals surface area contributed by atoms with E-state index in [0.29, 0.717) is 18.2 Å². The number of ether oxygens (including phenoxy) is 1. The van der Waals surface area contributed by atoms with Crippen molar-refractivity contribution in [2.75, 3.05) is 6.61 Å². The van der Waals surface area contributed by atoms with Crippen molar-refractivity contribution in [3.05, 3.63) is 28.6 Å². The molecule has 1 saturated carbocycles. The van der Waals surface area contributed by atoms with Gasteiger partial charge in [0.2, 0.25) is 0 Å². The number of fused-ring (bicyclic) bond motifs is 1. The molecule has 1 saturated heterocycles. The van der Waals surface area contributed by atoms with E-state index in [4.69, 9.17) is 9.57 Å². The second-order valence-electron chi connectivity index (χ2n) is 8.98. The van der Waals surface area contributed by atoms with Crippen LogP contribution in [-0.2, 0) is 19.9 Å². The summed E-state index contributed by atoms with van der Waals surface area (Å²) >= 11 is 1.64. The number of nitrogens with one attached hydrogen (secondary N) is 1. The monoisotopic (exact) mass is 429 g/mol. The van der Waals surface area contributed by atoms with Gasteiger partial charge in [0.15, 0.2) is 11.8 Å². The normalized spacial score (nSPS) is 29.8. The van der Waals surface area contributed by atoms with Gasteiger partial charge < -0.3 is 19.2 Å². The van der Waals surface area contributed by atoms with Crippen LogP contribution < -0.4 is 5.48 Å². The molecular formula is C21H23N3O5S. The lowest BCUT2D eigenvalue weighted by molar-refractivity contribution is -0.0588. The molecule has 158 valence electrons. The Morgan fingerprint density at radius 3 is 2.77 bits per heavy atom. The highest BCUT2D eigenvalue weighted by Gasteiger charge is 2.60. The highest BCUT2D eigenvalue weighted by Crippen LogP contribution is 2.55. The highest BCUT2D eigenvalue weighted by molar-refractivity contribution is 7.18. The Hall–Kier alpha value is -2.61. The number of carboxylic acid groups (broad SMARTS) is 1. The van der Waals surface area contributed by atoms with Crippen molar-refractivity contribution >= 4 is 39.3 Å². The highest BCUT2D eigenvalue weighted by atomic mass is 32.1. The summed E-state index contributed by atoms with van der Waals surface area (Å²) in [6, 6.07) is 3.86. The summed E-state index contributed by atoms with van der Waals surface area (Å²) in [6.45, 7) is 6.98. The molecule has 0 unspecified atom stereocenters. The molecule has 0 spiro atoms. The third-order valence-corrected chi connectivity index (χ3v) is 7.74. The molecule has 2 N–H and O–H groups in total. The lowest BCUT2D eigenvalue weighted by Gasteiger charge is -2.35. The summed E-state index contributed by atoms with van der Waals surface area (Å²) < 4.78 is 7.74. The number of carbonyl (C=O) groups excluding carboxylic acids is 1. The van der Waals surface area contributed by atoms with Gasteiger partial charge in [-0.05, 0) is 57.1 Å².